The molecule has 0 bridgehead atoms. The summed E-state index contributed by atoms with van der Waals surface area (Å²) in [5, 5.41) is 3.37. The van der Waals surface area contributed by atoms with Crippen LogP contribution in [0.2, 0.25) is 0 Å². The molecule has 8 heteroatoms. The normalized spacial score (nSPS) is 17.4. The topological polar surface area (TPSA) is 91.8 Å². The summed E-state index contributed by atoms with van der Waals surface area (Å²) in [7, 11) is 4.75. The molecule has 0 aliphatic carbocycles. The largest absolute Gasteiger partial charge is 0.493 e. The molecule has 8 nitrogen and oxygen atoms in total. The number of hydrogen-bond donors (Lipinski definition) is 1. The Hall–Kier alpha value is -3.55. The molecular formula is C21H21N3O5. The lowest BCUT2D eigenvalue weighted by atomic mass is 9.95. The second kappa shape index (κ2) is 7.46. The molecule has 4 rings (SSSR count). The fourth-order valence-corrected chi connectivity index (χ4v) is 3.52. The van der Waals surface area contributed by atoms with Crippen molar-refractivity contribution in [3.63, 3.8) is 0 Å². The van der Waals surface area contributed by atoms with Crippen LogP contribution in [0.25, 0.3) is 10.9 Å². The van der Waals surface area contributed by atoms with E-state index in [1.807, 2.05) is 13.0 Å². The van der Waals surface area contributed by atoms with Crippen LogP contribution in [0.5, 0.6) is 28.9 Å². The highest BCUT2D eigenvalue weighted by Gasteiger charge is 2.36. The van der Waals surface area contributed by atoms with Gasteiger partial charge in [0, 0.05) is 24.7 Å². The van der Waals surface area contributed by atoms with E-state index in [1.54, 1.807) is 45.5 Å². The van der Waals surface area contributed by atoms with E-state index in [1.165, 1.54) is 6.33 Å². The van der Waals surface area contributed by atoms with E-state index >= 15 is 0 Å². The van der Waals surface area contributed by atoms with E-state index < -0.39 is 0 Å². The molecule has 1 aliphatic rings. The van der Waals surface area contributed by atoms with E-state index in [4.69, 9.17) is 18.9 Å². The van der Waals surface area contributed by atoms with Gasteiger partial charge in [-0.05, 0) is 19.1 Å². The molecule has 0 fully saturated rings. The van der Waals surface area contributed by atoms with Gasteiger partial charge in [0.1, 0.15) is 29.8 Å². The van der Waals surface area contributed by atoms with Crippen LogP contribution in [0.3, 0.4) is 0 Å². The molecular weight excluding hydrogens is 374 g/mol. The summed E-state index contributed by atoms with van der Waals surface area (Å²) < 4.78 is 22.6. The number of rotatable bonds is 5. The Morgan fingerprint density at radius 1 is 1.10 bits per heavy atom. The molecule has 0 saturated carbocycles. The molecule has 0 radical (unpaired) electrons. The molecule has 2 aromatic carbocycles. The summed E-state index contributed by atoms with van der Waals surface area (Å²) in [6.45, 7) is 1.87. The SMILES string of the molecule is CNC(=O)C1c2ccc(Oc3ncnc4cc(OC)c(OC)cc34)cc2OC1C. The summed E-state index contributed by atoms with van der Waals surface area (Å²) in [5.41, 5.74) is 1.50. The number of carbonyl (C=O) groups excluding carboxylic acids is 1. The standard InChI is InChI=1S/C21H21N3O5/c1-11-19(20(25)22-2)13-6-5-12(7-16(13)28-11)29-21-14-8-17(26-3)18(27-4)9-15(14)23-10-24-21/h5-11,19H,1-4H3,(H,22,25). The van der Waals surface area contributed by atoms with Crippen LogP contribution in [0.4, 0.5) is 0 Å². The number of hydrogen-bond acceptors (Lipinski definition) is 7. The van der Waals surface area contributed by atoms with Crippen molar-refractivity contribution < 1.29 is 23.7 Å². The highest BCUT2D eigenvalue weighted by molar-refractivity contribution is 5.87. The van der Waals surface area contributed by atoms with E-state index in [0.29, 0.717) is 39.8 Å². The van der Waals surface area contributed by atoms with Crippen molar-refractivity contribution in [1.29, 1.82) is 0 Å². The smallest absolute Gasteiger partial charge is 0.231 e. The van der Waals surface area contributed by atoms with Crippen LogP contribution in [-0.2, 0) is 4.79 Å². The van der Waals surface area contributed by atoms with Gasteiger partial charge in [-0.2, -0.15) is 0 Å². The van der Waals surface area contributed by atoms with Crippen LogP contribution < -0.4 is 24.3 Å². The predicted octanol–water partition coefficient (Wildman–Crippen LogP) is 3.05. The fraction of sp³-hybridized carbons (Fsp3) is 0.286. The second-order valence-corrected chi connectivity index (χ2v) is 6.62. The summed E-state index contributed by atoms with van der Waals surface area (Å²) >= 11 is 0. The lowest BCUT2D eigenvalue weighted by molar-refractivity contribution is -0.123. The molecule has 3 aromatic rings. The zero-order valence-electron chi connectivity index (χ0n) is 16.6. The van der Waals surface area contributed by atoms with E-state index in [2.05, 4.69) is 15.3 Å². The Labute approximate surface area is 167 Å². The van der Waals surface area contributed by atoms with Gasteiger partial charge in [-0.25, -0.2) is 9.97 Å². The van der Waals surface area contributed by atoms with Gasteiger partial charge in [-0.1, -0.05) is 6.07 Å². The van der Waals surface area contributed by atoms with E-state index in [0.717, 1.165) is 5.56 Å². The molecule has 1 N–H and O–H groups in total. The van der Waals surface area contributed by atoms with E-state index in [9.17, 15) is 4.79 Å². The number of ether oxygens (including phenoxy) is 4. The minimum absolute atomic E-state index is 0.0762. The maximum absolute atomic E-state index is 12.2. The van der Waals surface area contributed by atoms with E-state index in [-0.39, 0.29) is 17.9 Å². The van der Waals surface area contributed by atoms with Gasteiger partial charge in [0.25, 0.3) is 0 Å². The van der Waals surface area contributed by atoms with Gasteiger partial charge < -0.3 is 24.3 Å². The first kappa shape index (κ1) is 18.8. The number of benzene rings is 2. The third-order valence-electron chi connectivity index (χ3n) is 4.95. The Morgan fingerprint density at radius 2 is 1.86 bits per heavy atom. The molecule has 150 valence electrons. The van der Waals surface area contributed by atoms with Crippen LogP contribution in [0.1, 0.15) is 18.4 Å². The van der Waals surface area contributed by atoms with Gasteiger partial charge in [-0.3, -0.25) is 4.79 Å². The quantitative estimate of drug-likeness (QED) is 0.710. The van der Waals surface area contributed by atoms with Crippen molar-refractivity contribution >= 4 is 16.8 Å². The summed E-state index contributed by atoms with van der Waals surface area (Å²) in [4.78, 5) is 20.7. The van der Waals surface area contributed by atoms with Crippen molar-refractivity contribution in [2.24, 2.45) is 0 Å². The maximum atomic E-state index is 12.2. The zero-order chi connectivity index (χ0) is 20.5. The van der Waals surface area contributed by atoms with Crippen molar-refractivity contribution in [2.45, 2.75) is 18.9 Å². The highest BCUT2D eigenvalue weighted by Crippen LogP contribution is 2.42. The first-order valence-corrected chi connectivity index (χ1v) is 9.12. The lowest BCUT2D eigenvalue weighted by Crippen LogP contribution is -2.31. The number of nitrogens with zero attached hydrogens (tertiary/aromatic N) is 2. The van der Waals surface area contributed by atoms with Crippen molar-refractivity contribution in [2.75, 3.05) is 21.3 Å². The Bertz CT molecular complexity index is 1090. The van der Waals surface area contributed by atoms with Gasteiger partial charge in [0.2, 0.25) is 11.8 Å². The van der Waals surface area contributed by atoms with Crippen molar-refractivity contribution in [3.8, 4) is 28.9 Å². The number of fused-ring (bicyclic) bond motifs is 2. The third kappa shape index (κ3) is 3.26. The van der Waals surface area contributed by atoms with Gasteiger partial charge in [0.05, 0.1) is 25.1 Å². The molecule has 2 atom stereocenters. The van der Waals surface area contributed by atoms with Crippen LogP contribution in [0, 0.1) is 0 Å². The molecule has 2 unspecified atom stereocenters. The number of methoxy groups -OCH3 is 2. The average molecular weight is 395 g/mol. The molecule has 2 heterocycles. The summed E-state index contributed by atoms with van der Waals surface area (Å²) in [5.74, 6) is 2.26. The summed E-state index contributed by atoms with van der Waals surface area (Å²) in [6.07, 6.45) is 1.17. The average Bonchev–Trinajstić information content (AvgIpc) is 3.07. The number of nitrogens with one attached hydrogen (secondary N) is 1. The van der Waals surface area contributed by atoms with Crippen LogP contribution in [0.15, 0.2) is 36.7 Å². The molecule has 0 saturated heterocycles. The third-order valence-corrected chi connectivity index (χ3v) is 4.95. The summed E-state index contributed by atoms with van der Waals surface area (Å²) in [6, 6.07) is 8.95. The minimum Gasteiger partial charge on any atom is -0.493 e. The molecule has 0 spiro atoms. The number of amides is 1. The van der Waals surface area contributed by atoms with Crippen molar-refractivity contribution in [3.05, 3.63) is 42.2 Å². The highest BCUT2D eigenvalue weighted by atomic mass is 16.5. The molecule has 29 heavy (non-hydrogen) atoms. The van der Waals surface area contributed by atoms with Gasteiger partial charge in [-0.15, -0.1) is 0 Å². The second-order valence-electron chi connectivity index (χ2n) is 6.62. The minimum atomic E-state index is -0.347. The lowest BCUT2D eigenvalue weighted by Gasteiger charge is -2.12. The van der Waals surface area contributed by atoms with Crippen LogP contribution in [-0.4, -0.2) is 43.2 Å². The van der Waals surface area contributed by atoms with Crippen LogP contribution >= 0.6 is 0 Å². The van der Waals surface area contributed by atoms with Gasteiger partial charge in [0.15, 0.2) is 11.5 Å². The Morgan fingerprint density at radius 3 is 2.59 bits per heavy atom. The molecule has 1 aliphatic heterocycles. The number of aromatic nitrogens is 2. The maximum Gasteiger partial charge on any atom is 0.231 e. The first-order chi connectivity index (χ1) is 14.0. The molecule has 1 amide bonds. The monoisotopic (exact) mass is 395 g/mol. The number of likely N-dealkylation sites (N-methyl/N-ethyl adjacent to an activating group) is 1. The van der Waals surface area contributed by atoms with Gasteiger partial charge >= 0.3 is 0 Å². The molecule has 1 aromatic heterocycles. The number of carbonyl (C=O) groups is 1. The Kier molecular flexibility index (Phi) is 4.84. The fourth-order valence-electron chi connectivity index (χ4n) is 3.52. The Balaban J connectivity index is 1.70. The van der Waals surface area contributed by atoms with Crippen molar-refractivity contribution in [1.82, 2.24) is 15.3 Å². The predicted molar refractivity (Wildman–Crippen MR) is 106 cm³/mol. The zero-order valence-corrected chi connectivity index (χ0v) is 16.6. The first-order valence-electron chi connectivity index (χ1n) is 9.12.